The van der Waals surface area contributed by atoms with Crippen LogP contribution in [0.4, 0.5) is 5.95 Å². The second-order valence-electron chi connectivity index (χ2n) is 6.11. The van der Waals surface area contributed by atoms with Crippen LogP contribution in [0.5, 0.6) is 0 Å². The van der Waals surface area contributed by atoms with E-state index >= 15 is 0 Å². The fourth-order valence-corrected chi connectivity index (χ4v) is 3.23. The minimum absolute atomic E-state index is 0.0894. The lowest BCUT2D eigenvalue weighted by Crippen LogP contribution is -2.47. The molecule has 5 nitrogen and oxygen atoms in total. The van der Waals surface area contributed by atoms with Crippen molar-refractivity contribution in [3.05, 3.63) is 34.6 Å². The molecule has 0 amide bonds. The molecule has 1 saturated carbocycles. The maximum atomic E-state index is 12.1. The first-order valence-corrected chi connectivity index (χ1v) is 7.51. The highest BCUT2D eigenvalue weighted by Crippen LogP contribution is 2.33. The van der Waals surface area contributed by atoms with Gasteiger partial charge in [0, 0.05) is 12.1 Å². The summed E-state index contributed by atoms with van der Waals surface area (Å²) in [5, 5.41) is 3.96. The van der Waals surface area contributed by atoms with Gasteiger partial charge in [0.25, 0.3) is 5.56 Å². The number of aromatic amines is 1. The molecular formula is C16H22N4O. The quantitative estimate of drug-likeness (QED) is 0.904. The molecule has 1 aromatic carbocycles. The maximum absolute atomic E-state index is 12.1. The van der Waals surface area contributed by atoms with E-state index in [1.54, 1.807) is 6.07 Å². The Labute approximate surface area is 124 Å². The zero-order valence-corrected chi connectivity index (χ0v) is 12.6. The molecule has 0 radical (unpaired) electrons. The Balaban J connectivity index is 1.83. The van der Waals surface area contributed by atoms with Gasteiger partial charge in [-0.2, -0.15) is 0 Å². The van der Waals surface area contributed by atoms with E-state index in [2.05, 4.69) is 34.3 Å². The molecule has 0 spiro atoms. The number of benzene rings is 1. The molecule has 1 aliphatic carbocycles. The molecular weight excluding hydrogens is 264 g/mol. The molecule has 5 heteroatoms. The van der Waals surface area contributed by atoms with E-state index in [1.807, 2.05) is 18.2 Å². The second-order valence-corrected chi connectivity index (χ2v) is 6.11. The summed E-state index contributed by atoms with van der Waals surface area (Å²) in [4.78, 5) is 21.7. The van der Waals surface area contributed by atoms with Crippen LogP contribution in [0.1, 0.15) is 25.7 Å². The average molecular weight is 286 g/mol. The van der Waals surface area contributed by atoms with E-state index in [9.17, 15) is 4.79 Å². The Morgan fingerprint density at radius 3 is 2.71 bits per heavy atom. The number of hydrogen-bond acceptors (Lipinski definition) is 4. The van der Waals surface area contributed by atoms with Crippen LogP contribution < -0.4 is 10.9 Å². The molecule has 1 heterocycles. The number of hydrogen-bond donors (Lipinski definition) is 2. The first kappa shape index (κ1) is 14.1. The normalized spacial score (nSPS) is 17.5. The Hall–Kier alpha value is -1.88. The van der Waals surface area contributed by atoms with Crippen LogP contribution in [-0.4, -0.2) is 41.0 Å². The summed E-state index contributed by atoms with van der Waals surface area (Å²) in [7, 11) is 4.26. The molecule has 0 atom stereocenters. The molecule has 0 bridgehead atoms. The Morgan fingerprint density at radius 2 is 2.00 bits per heavy atom. The van der Waals surface area contributed by atoms with Crippen molar-refractivity contribution in [2.75, 3.05) is 26.0 Å². The molecule has 2 N–H and O–H groups in total. The summed E-state index contributed by atoms with van der Waals surface area (Å²) < 4.78 is 0. The average Bonchev–Trinajstić information content (AvgIpc) is 2.95. The lowest BCUT2D eigenvalue weighted by molar-refractivity contribution is 0.172. The number of nitrogens with zero attached hydrogens (tertiary/aromatic N) is 2. The van der Waals surface area contributed by atoms with Gasteiger partial charge in [0.15, 0.2) is 0 Å². The van der Waals surface area contributed by atoms with Gasteiger partial charge in [-0.1, -0.05) is 25.0 Å². The van der Waals surface area contributed by atoms with Gasteiger partial charge in [-0.3, -0.25) is 9.78 Å². The smallest absolute Gasteiger partial charge is 0.260 e. The van der Waals surface area contributed by atoms with E-state index in [-0.39, 0.29) is 11.1 Å². The fraction of sp³-hybridized carbons (Fsp3) is 0.500. The van der Waals surface area contributed by atoms with Crippen molar-refractivity contribution < 1.29 is 0 Å². The highest BCUT2D eigenvalue weighted by Gasteiger charge is 2.35. The van der Waals surface area contributed by atoms with E-state index in [4.69, 9.17) is 0 Å². The van der Waals surface area contributed by atoms with Crippen molar-refractivity contribution in [3.8, 4) is 0 Å². The van der Waals surface area contributed by atoms with E-state index in [0.29, 0.717) is 11.3 Å². The number of para-hydroxylation sites is 1. The molecule has 1 aliphatic rings. The first-order chi connectivity index (χ1) is 10.1. The number of anilines is 1. The van der Waals surface area contributed by atoms with Crippen molar-refractivity contribution in [3.63, 3.8) is 0 Å². The minimum Gasteiger partial charge on any atom is -0.354 e. The summed E-state index contributed by atoms with van der Waals surface area (Å²) in [5.74, 6) is 0.562. The van der Waals surface area contributed by atoms with Crippen molar-refractivity contribution in [1.82, 2.24) is 14.9 Å². The van der Waals surface area contributed by atoms with E-state index < -0.39 is 0 Å². The zero-order valence-electron chi connectivity index (χ0n) is 12.6. The Kier molecular flexibility index (Phi) is 3.68. The number of rotatable bonds is 4. The summed E-state index contributed by atoms with van der Waals surface area (Å²) in [6.45, 7) is 0.807. The summed E-state index contributed by atoms with van der Waals surface area (Å²) in [6.07, 6.45) is 4.90. The van der Waals surface area contributed by atoms with Gasteiger partial charge in [-0.25, -0.2) is 4.98 Å². The summed E-state index contributed by atoms with van der Waals surface area (Å²) in [6, 6.07) is 7.42. The van der Waals surface area contributed by atoms with Gasteiger partial charge >= 0.3 is 0 Å². The van der Waals surface area contributed by atoms with Crippen LogP contribution in [0.25, 0.3) is 10.9 Å². The van der Waals surface area contributed by atoms with Gasteiger partial charge in [0.1, 0.15) is 0 Å². The van der Waals surface area contributed by atoms with Gasteiger partial charge in [-0.15, -0.1) is 0 Å². The number of H-pyrrole nitrogens is 1. The molecule has 0 saturated heterocycles. The largest absolute Gasteiger partial charge is 0.354 e. The van der Waals surface area contributed by atoms with Crippen LogP contribution in [-0.2, 0) is 0 Å². The van der Waals surface area contributed by atoms with Gasteiger partial charge < -0.3 is 10.2 Å². The standard InChI is InChI=1S/C16H22N4O/c1-20(2)16(9-5-6-10-16)11-17-15-18-13-8-4-3-7-12(13)14(21)19-15/h3-4,7-8H,5-6,9-11H2,1-2H3,(H2,17,18,19,21). The van der Waals surface area contributed by atoms with Gasteiger partial charge in [0.2, 0.25) is 5.95 Å². The molecule has 1 fully saturated rings. The first-order valence-electron chi connectivity index (χ1n) is 7.51. The van der Waals surface area contributed by atoms with Crippen molar-refractivity contribution in [2.24, 2.45) is 0 Å². The van der Waals surface area contributed by atoms with Crippen LogP contribution in [0.3, 0.4) is 0 Å². The summed E-state index contributed by atoms with van der Waals surface area (Å²) >= 11 is 0. The topological polar surface area (TPSA) is 61.0 Å². The lowest BCUT2D eigenvalue weighted by atomic mass is 9.96. The predicted octanol–water partition coefficient (Wildman–Crippen LogP) is 2.21. The Bertz CT molecular complexity index is 686. The van der Waals surface area contributed by atoms with Gasteiger partial charge in [0.05, 0.1) is 10.9 Å². The fourth-order valence-electron chi connectivity index (χ4n) is 3.23. The molecule has 0 unspecified atom stereocenters. The van der Waals surface area contributed by atoms with Crippen LogP contribution >= 0.6 is 0 Å². The number of aromatic nitrogens is 2. The van der Waals surface area contributed by atoms with E-state index in [1.165, 1.54) is 25.7 Å². The lowest BCUT2D eigenvalue weighted by Gasteiger charge is -2.36. The predicted molar refractivity (Wildman–Crippen MR) is 85.7 cm³/mol. The Morgan fingerprint density at radius 1 is 1.29 bits per heavy atom. The van der Waals surface area contributed by atoms with Crippen LogP contribution in [0.2, 0.25) is 0 Å². The number of likely N-dealkylation sites (N-methyl/N-ethyl adjacent to an activating group) is 1. The highest BCUT2D eigenvalue weighted by atomic mass is 16.1. The van der Waals surface area contributed by atoms with Crippen molar-refractivity contribution >= 4 is 16.9 Å². The van der Waals surface area contributed by atoms with E-state index in [0.717, 1.165) is 12.1 Å². The van der Waals surface area contributed by atoms with Crippen molar-refractivity contribution in [2.45, 2.75) is 31.2 Å². The monoisotopic (exact) mass is 286 g/mol. The van der Waals surface area contributed by atoms with Crippen LogP contribution in [0.15, 0.2) is 29.1 Å². The van der Waals surface area contributed by atoms with Gasteiger partial charge in [-0.05, 0) is 39.1 Å². The molecule has 0 aliphatic heterocycles. The molecule has 112 valence electrons. The molecule has 1 aromatic heterocycles. The maximum Gasteiger partial charge on any atom is 0.260 e. The third-order valence-corrected chi connectivity index (χ3v) is 4.68. The molecule has 3 rings (SSSR count). The van der Waals surface area contributed by atoms with Crippen LogP contribution in [0, 0.1) is 0 Å². The summed E-state index contributed by atoms with van der Waals surface area (Å²) in [5.41, 5.74) is 0.812. The number of fused-ring (bicyclic) bond motifs is 1. The third kappa shape index (κ3) is 2.65. The van der Waals surface area contributed by atoms with Crippen molar-refractivity contribution in [1.29, 1.82) is 0 Å². The number of nitrogens with one attached hydrogen (secondary N) is 2. The highest BCUT2D eigenvalue weighted by molar-refractivity contribution is 5.78. The minimum atomic E-state index is -0.0894. The molecule has 21 heavy (non-hydrogen) atoms. The SMILES string of the molecule is CN(C)C1(CNc2nc3ccccc3c(=O)[nH]2)CCCC1. The third-order valence-electron chi connectivity index (χ3n) is 4.68. The zero-order chi connectivity index (χ0) is 14.9. The molecule has 2 aromatic rings. The second kappa shape index (κ2) is 5.48.